The van der Waals surface area contributed by atoms with Gasteiger partial charge in [0.25, 0.3) is 0 Å². The van der Waals surface area contributed by atoms with Gasteiger partial charge in [-0.1, -0.05) is 12.7 Å². The number of alkyl halides is 1. The lowest BCUT2D eigenvalue weighted by atomic mass is 10.2. The van der Waals surface area contributed by atoms with Gasteiger partial charge in [0.05, 0.1) is 0 Å². The van der Waals surface area contributed by atoms with E-state index in [2.05, 4.69) is 6.58 Å². The molecule has 0 radical (unpaired) electrons. The second-order valence-corrected chi connectivity index (χ2v) is 2.19. The van der Waals surface area contributed by atoms with Crippen LogP contribution in [0.2, 0.25) is 0 Å². The van der Waals surface area contributed by atoms with Crippen molar-refractivity contribution in [1.29, 1.82) is 0 Å². The highest BCUT2D eigenvalue weighted by atomic mass is 19.1. The monoisotopic (exact) mass is 162 g/mol. The number of hydrogen-bond acceptors (Lipinski definition) is 1. The van der Waals surface area contributed by atoms with Gasteiger partial charge >= 0.3 is 0 Å². The van der Waals surface area contributed by atoms with Crippen LogP contribution in [0.5, 0.6) is 0 Å². The molecule has 0 aromatic rings. The van der Waals surface area contributed by atoms with E-state index in [1.165, 1.54) is 6.08 Å². The Bertz CT molecular complexity index is 143. The van der Waals surface area contributed by atoms with Crippen LogP contribution < -0.4 is 0 Å². The van der Waals surface area contributed by atoms with Crippen LogP contribution in [0.15, 0.2) is 24.6 Å². The molecule has 0 aromatic heterocycles. The average molecular weight is 162 g/mol. The minimum Gasteiger partial charge on any atom is -0.396 e. The molecular formula is C8H12F2O. The zero-order chi connectivity index (χ0) is 8.69. The summed E-state index contributed by atoms with van der Waals surface area (Å²) in [5, 5.41) is 8.29. The van der Waals surface area contributed by atoms with Crippen molar-refractivity contribution < 1.29 is 13.9 Å². The van der Waals surface area contributed by atoms with E-state index in [-0.39, 0.29) is 19.4 Å². The summed E-state index contributed by atoms with van der Waals surface area (Å²) in [6, 6.07) is 0. The SMILES string of the molecule is C=C(F)/C=C\CC(F)CCO. The molecule has 11 heavy (non-hydrogen) atoms. The lowest BCUT2D eigenvalue weighted by molar-refractivity contribution is 0.221. The molecule has 1 N–H and O–H groups in total. The zero-order valence-corrected chi connectivity index (χ0v) is 6.26. The minimum absolute atomic E-state index is 0.100. The molecule has 0 aliphatic heterocycles. The molecule has 0 spiro atoms. The van der Waals surface area contributed by atoms with Gasteiger partial charge < -0.3 is 5.11 Å². The maximum Gasteiger partial charge on any atom is 0.115 e. The first-order valence-corrected chi connectivity index (χ1v) is 3.42. The smallest absolute Gasteiger partial charge is 0.115 e. The largest absolute Gasteiger partial charge is 0.396 e. The number of allylic oxidation sites excluding steroid dienone is 3. The van der Waals surface area contributed by atoms with E-state index >= 15 is 0 Å². The summed E-state index contributed by atoms with van der Waals surface area (Å²) in [5.41, 5.74) is 0. The third kappa shape index (κ3) is 7.19. The third-order valence-corrected chi connectivity index (χ3v) is 1.13. The molecule has 0 aromatic carbocycles. The predicted molar refractivity (Wildman–Crippen MR) is 40.6 cm³/mol. The van der Waals surface area contributed by atoms with E-state index in [9.17, 15) is 8.78 Å². The summed E-state index contributed by atoms with van der Waals surface area (Å²) in [4.78, 5) is 0. The van der Waals surface area contributed by atoms with E-state index in [1.807, 2.05) is 0 Å². The second kappa shape index (κ2) is 6.04. The molecule has 0 aliphatic rings. The van der Waals surface area contributed by atoms with Crippen LogP contribution in [0.1, 0.15) is 12.8 Å². The molecule has 3 heteroatoms. The van der Waals surface area contributed by atoms with Crippen LogP contribution in [0, 0.1) is 0 Å². The molecular weight excluding hydrogens is 150 g/mol. The van der Waals surface area contributed by atoms with Gasteiger partial charge in [0.1, 0.15) is 12.0 Å². The van der Waals surface area contributed by atoms with Gasteiger partial charge in [-0.25, -0.2) is 8.78 Å². The van der Waals surface area contributed by atoms with Crippen molar-refractivity contribution >= 4 is 0 Å². The van der Waals surface area contributed by atoms with Gasteiger partial charge in [0.2, 0.25) is 0 Å². The second-order valence-electron chi connectivity index (χ2n) is 2.19. The maximum atomic E-state index is 12.5. The highest BCUT2D eigenvalue weighted by Gasteiger charge is 2.01. The summed E-state index contributed by atoms with van der Waals surface area (Å²) >= 11 is 0. The van der Waals surface area contributed by atoms with Crippen molar-refractivity contribution in [2.24, 2.45) is 0 Å². The number of halogens is 2. The highest BCUT2D eigenvalue weighted by molar-refractivity contribution is 5.05. The van der Waals surface area contributed by atoms with Crippen LogP contribution in [-0.2, 0) is 0 Å². The van der Waals surface area contributed by atoms with E-state index < -0.39 is 12.0 Å². The van der Waals surface area contributed by atoms with Crippen LogP contribution >= 0.6 is 0 Å². The fourth-order valence-electron chi connectivity index (χ4n) is 0.602. The Morgan fingerprint density at radius 1 is 1.64 bits per heavy atom. The number of hydrogen-bond donors (Lipinski definition) is 1. The molecule has 0 saturated carbocycles. The van der Waals surface area contributed by atoms with Gasteiger partial charge in [-0.3, -0.25) is 0 Å². The van der Waals surface area contributed by atoms with Crippen molar-refractivity contribution in [1.82, 2.24) is 0 Å². The first-order chi connectivity index (χ1) is 5.16. The summed E-state index contributed by atoms with van der Waals surface area (Å²) < 4.78 is 24.4. The number of aliphatic hydroxyl groups excluding tert-OH is 1. The lowest BCUT2D eigenvalue weighted by Gasteiger charge is -1.99. The summed E-state index contributed by atoms with van der Waals surface area (Å²) in [7, 11) is 0. The minimum atomic E-state index is -1.09. The molecule has 0 bridgehead atoms. The van der Waals surface area contributed by atoms with E-state index in [0.717, 1.165) is 6.08 Å². The normalized spacial score (nSPS) is 13.7. The Labute approximate surface area is 65.0 Å². The van der Waals surface area contributed by atoms with Crippen LogP contribution in [-0.4, -0.2) is 17.9 Å². The molecule has 64 valence electrons. The molecule has 0 amide bonds. The molecule has 0 saturated heterocycles. The maximum absolute atomic E-state index is 12.5. The lowest BCUT2D eigenvalue weighted by Crippen LogP contribution is -2.00. The number of aliphatic hydroxyl groups is 1. The topological polar surface area (TPSA) is 20.2 Å². The molecule has 0 heterocycles. The van der Waals surface area contributed by atoms with Crippen molar-refractivity contribution in [2.45, 2.75) is 19.0 Å². The van der Waals surface area contributed by atoms with Crippen molar-refractivity contribution in [2.75, 3.05) is 6.61 Å². The quantitative estimate of drug-likeness (QED) is 0.614. The predicted octanol–water partition coefficient (Wildman–Crippen LogP) is 2.14. The van der Waals surface area contributed by atoms with E-state index in [4.69, 9.17) is 5.11 Å². The van der Waals surface area contributed by atoms with Crippen LogP contribution in [0.3, 0.4) is 0 Å². The Balaban J connectivity index is 3.44. The fourth-order valence-corrected chi connectivity index (χ4v) is 0.602. The molecule has 0 aliphatic carbocycles. The van der Waals surface area contributed by atoms with Gasteiger partial charge in [0, 0.05) is 13.0 Å². The first-order valence-electron chi connectivity index (χ1n) is 3.42. The third-order valence-electron chi connectivity index (χ3n) is 1.13. The first kappa shape index (κ1) is 10.3. The molecule has 1 atom stereocenters. The Morgan fingerprint density at radius 2 is 2.27 bits per heavy atom. The average Bonchev–Trinajstić information content (AvgIpc) is 1.87. The van der Waals surface area contributed by atoms with Crippen molar-refractivity contribution in [3.05, 3.63) is 24.6 Å². The van der Waals surface area contributed by atoms with Crippen molar-refractivity contribution in [3.8, 4) is 0 Å². The Hall–Kier alpha value is -0.700. The molecule has 0 fully saturated rings. The summed E-state index contributed by atoms with van der Waals surface area (Å²) in [6.07, 6.45) is 1.62. The number of rotatable bonds is 5. The van der Waals surface area contributed by atoms with Gasteiger partial charge in [-0.05, 0) is 12.5 Å². The standard InChI is InChI=1S/C8H12F2O/c1-7(9)3-2-4-8(10)5-6-11/h2-3,8,11H,1,4-6H2/b3-2-. The van der Waals surface area contributed by atoms with Crippen molar-refractivity contribution in [3.63, 3.8) is 0 Å². The van der Waals surface area contributed by atoms with Crippen LogP contribution in [0.4, 0.5) is 8.78 Å². The molecule has 1 nitrogen and oxygen atoms in total. The van der Waals surface area contributed by atoms with Crippen LogP contribution in [0.25, 0.3) is 0 Å². The van der Waals surface area contributed by atoms with Gasteiger partial charge in [-0.2, -0.15) is 0 Å². The Morgan fingerprint density at radius 3 is 2.73 bits per heavy atom. The van der Waals surface area contributed by atoms with Gasteiger partial charge in [-0.15, -0.1) is 0 Å². The van der Waals surface area contributed by atoms with Gasteiger partial charge in [0.15, 0.2) is 0 Å². The fraction of sp³-hybridized carbons (Fsp3) is 0.500. The van der Waals surface area contributed by atoms with E-state index in [1.54, 1.807) is 0 Å². The summed E-state index contributed by atoms with van der Waals surface area (Å²) in [5.74, 6) is -0.582. The summed E-state index contributed by atoms with van der Waals surface area (Å²) in [6.45, 7) is 2.80. The highest BCUT2D eigenvalue weighted by Crippen LogP contribution is 2.04. The Kier molecular flexibility index (Phi) is 5.65. The molecule has 0 rings (SSSR count). The zero-order valence-electron chi connectivity index (χ0n) is 6.26. The molecule has 1 unspecified atom stereocenters. The van der Waals surface area contributed by atoms with E-state index in [0.29, 0.717) is 0 Å².